The van der Waals surface area contributed by atoms with Gasteiger partial charge in [-0.05, 0) is 48.2 Å². The molecule has 1 aliphatic heterocycles. The first kappa shape index (κ1) is 18.1. The van der Waals surface area contributed by atoms with E-state index >= 15 is 0 Å². The number of carbonyl (C=O) groups excluding carboxylic acids is 1. The Bertz CT molecular complexity index is 879. The molecule has 0 radical (unpaired) electrons. The van der Waals surface area contributed by atoms with Crippen molar-refractivity contribution in [2.45, 2.75) is 30.9 Å². The highest BCUT2D eigenvalue weighted by molar-refractivity contribution is 8.01. The third-order valence-electron chi connectivity index (χ3n) is 4.78. The molecule has 0 bridgehead atoms. The number of aliphatic hydroxyl groups is 1. The number of hydrogen-bond donors (Lipinski definition) is 2. The summed E-state index contributed by atoms with van der Waals surface area (Å²) in [4.78, 5) is 25.0. The summed E-state index contributed by atoms with van der Waals surface area (Å²) in [7, 11) is 0. The topological polar surface area (TPSA) is 100 Å². The molecule has 2 unspecified atom stereocenters. The van der Waals surface area contributed by atoms with Crippen molar-refractivity contribution in [3.05, 3.63) is 53.0 Å². The highest BCUT2D eigenvalue weighted by Gasteiger charge is 2.34. The quantitative estimate of drug-likeness (QED) is 0.783. The number of ether oxygens (including phenoxy) is 1. The number of thioether (sulfide) groups is 1. The maximum Gasteiger partial charge on any atom is 0.371 e. The van der Waals surface area contributed by atoms with Crippen LogP contribution in [0.25, 0.3) is 0 Å². The first-order chi connectivity index (χ1) is 13.0. The smallest absolute Gasteiger partial charge is 0.371 e. The average Bonchev–Trinajstić information content (AvgIpc) is 3.35. The monoisotopic (exact) mass is 389 g/mol. The number of fused-ring (bicyclic) bond motifs is 1. The van der Waals surface area contributed by atoms with E-state index in [4.69, 9.17) is 14.3 Å². The molecule has 1 aliphatic carbocycles. The molecular formula is C19H19NO6S. The zero-order chi connectivity index (χ0) is 19.0. The Kier molecular flexibility index (Phi) is 4.94. The highest BCUT2D eigenvalue weighted by atomic mass is 32.2. The number of benzene rings is 1. The van der Waals surface area contributed by atoms with Gasteiger partial charge in [-0.3, -0.25) is 9.69 Å². The van der Waals surface area contributed by atoms with Crippen molar-refractivity contribution in [1.29, 1.82) is 0 Å². The van der Waals surface area contributed by atoms with Crippen LogP contribution in [0.3, 0.4) is 0 Å². The van der Waals surface area contributed by atoms with Crippen LogP contribution >= 0.6 is 11.8 Å². The summed E-state index contributed by atoms with van der Waals surface area (Å²) in [5.74, 6) is -0.400. The van der Waals surface area contributed by atoms with Gasteiger partial charge in [0, 0.05) is 5.69 Å². The largest absolute Gasteiger partial charge is 0.475 e. The summed E-state index contributed by atoms with van der Waals surface area (Å²) >= 11 is 1.51. The van der Waals surface area contributed by atoms with Crippen LogP contribution in [0.4, 0.5) is 5.69 Å². The molecule has 27 heavy (non-hydrogen) atoms. The van der Waals surface area contributed by atoms with Crippen LogP contribution in [0.1, 0.15) is 40.0 Å². The molecule has 2 N–H and O–H groups in total. The Morgan fingerprint density at radius 2 is 2.19 bits per heavy atom. The second-order valence-corrected chi connectivity index (χ2v) is 7.72. The van der Waals surface area contributed by atoms with Crippen molar-refractivity contribution in [1.82, 2.24) is 0 Å². The van der Waals surface area contributed by atoms with Gasteiger partial charge < -0.3 is 19.4 Å². The minimum Gasteiger partial charge on any atom is -0.475 e. The number of furan rings is 1. The summed E-state index contributed by atoms with van der Waals surface area (Å²) < 4.78 is 10.8. The molecule has 2 atom stereocenters. The minimum absolute atomic E-state index is 0.0262. The molecule has 2 heterocycles. The van der Waals surface area contributed by atoms with E-state index < -0.39 is 12.1 Å². The van der Waals surface area contributed by atoms with Crippen molar-refractivity contribution in [2.24, 2.45) is 0 Å². The lowest BCUT2D eigenvalue weighted by Gasteiger charge is -2.24. The third kappa shape index (κ3) is 3.60. The summed E-state index contributed by atoms with van der Waals surface area (Å²) in [5, 5.41) is 18.7. The van der Waals surface area contributed by atoms with Gasteiger partial charge in [0.2, 0.25) is 11.7 Å². The van der Waals surface area contributed by atoms with E-state index in [0.717, 1.165) is 29.7 Å². The Balaban J connectivity index is 1.42. The van der Waals surface area contributed by atoms with Gasteiger partial charge in [0.1, 0.15) is 17.7 Å². The zero-order valence-electron chi connectivity index (χ0n) is 14.5. The maximum absolute atomic E-state index is 12.4. The minimum atomic E-state index is -1.12. The van der Waals surface area contributed by atoms with E-state index in [9.17, 15) is 14.7 Å². The van der Waals surface area contributed by atoms with E-state index in [1.807, 2.05) is 18.2 Å². The molecule has 2 aliphatic rings. The molecular weight excluding hydrogens is 370 g/mol. The van der Waals surface area contributed by atoms with E-state index in [0.29, 0.717) is 18.1 Å². The number of aromatic carboxylic acids is 1. The van der Waals surface area contributed by atoms with Gasteiger partial charge in [0.15, 0.2) is 0 Å². The summed E-state index contributed by atoms with van der Waals surface area (Å²) in [5.41, 5.74) is 2.84. The molecule has 7 nitrogen and oxygen atoms in total. The zero-order valence-corrected chi connectivity index (χ0v) is 15.3. The van der Waals surface area contributed by atoms with E-state index in [2.05, 4.69) is 0 Å². The van der Waals surface area contributed by atoms with Crippen molar-refractivity contribution < 1.29 is 29.0 Å². The lowest BCUT2D eigenvalue weighted by atomic mass is 10.1. The molecule has 0 saturated carbocycles. The van der Waals surface area contributed by atoms with E-state index in [1.54, 1.807) is 11.0 Å². The number of carbonyl (C=O) groups is 2. The van der Waals surface area contributed by atoms with Crippen LogP contribution in [-0.2, 0) is 22.6 Å². The fourth-order valence-corrected chi connectivity index (χ4v) is 4.52. The number of rotatable bonds is 6. The second kappa shape index (κ2) is 7.38. The van der Waals surface area contributed by atoms with Crippen LogP contribution in [0, 0.1) is 0 Å². The first-order valence-electron chi connectivity index (χ1n) is 8.67. The standard InChI is InChI=1S/C19H19NO6S/c21-15-5-1-11-7-12(2-4-14(11)15)20-17(22)10-27-18(20)9-25-8-13-3-6-16(26-13)19(23)24/h2-4,6-7,15,18,21H,1,5,8-10H2,(H,23,24). The van der Waals surface area contributed by atoms with Gasteiger partial charge in [-0.1, -0.05) is 6.07 Å². The van der Waals surface area contributed by atoms with Crippen molar-refractivity contribution in [3.8, 4) is 0 Å². The number of amides is 1. The number of hydrogen-bond acceptors (Lipinski definition) is 6. The van der Waals surface area contributed by atoms with Crippen LogP contribution in [-0.4, -0.2) is 39.8 Å². The summed E-state index contributed by atoms with van der Waals surface area (Å²) in [6.07, 6.45) is 1.11. The molecule has 142 valence electrons. The van der Waals surface area contributed by atoms with Gasteiger partial charge >= 0.3 is 5.97 Å². The fourth-order valence-electron chi connectivity index (χ4n) is 3.47. The molecule has 1 aromatic carbocycles. The van der Waals surface area contributed by atoms with Gasteiger partial charge in [0.25, 0.3) is 0 Å². The third-order valence-corrected chi connectivity index (χ3v) is 5.93. The molecule has 0 spiro atoms. The van der Waals surface area contributed by atoms with Crippen LogP contribution < -0.4 is 4.90 Å². The van der Waals surface area contributed by atoms with Crippen molar-refractivity contribution >= 4 is 29.3 Å². The van der Waals surface area contributed by atoms with E-state index in [-0.39, 0.29) is 23.6 Å². The summed E-state index contributed by atoms with van der Waals surface area (Å²) in [6.45, 7) is 0.446. The molecule has 1 amide bonds. The Labute approximate surface area is 159 Å². The summed E-state index contributed by atoms with van der Waals surface area (Å²) in [6, 6.07) is 8.71. The molecule has 1 fully saturated rings. The van der Waals surface area contributed by atoms with Crippen molar-refractivity contribution in [2.75, 3.05) is 17.3 Å². The van der Waals surface area contributed by atoms with Gasteiger partial charge in [-0.25, -0.2) is 4.79 Å². The fraction of sp³-hybridized carbons (Fsp3) is 0.368. The normalized spacial score (nSPS) is 21.7. The average molecular weight is 389 g/mol. The predicted octanol–water partition coefficient (Wildman–Crippen LogP) is 2.58. The lowest BCUT2D eigenvalue weighted by Crippen LogP contribution is -2.35. The molecule has 4 rings (SSSR count). The van der Waals surface area contributed by atoms with Crippen LogP contribution in [0.2, 0.25) is 0 Å². The SMILES string of the molecule is O=C(O)c1ccc(COCC2SCC(=O)N2c2ccc3c(c2)CCC3O)o1. The predicted molar refractivity (Wildman–Crippen MR) is 98.8 cm³/mol. The van der Waals surface area contributed by atoms with Gasteiger partial charge in [0.05, 0.1) is 18.5 Å². The Morgan fingerprint density at radius 1 is 1.33 bits per heavy atom. The number of carboxylic acids is 1. The highest BCUT2D eigenvalue weighted by Crippen LogP contribution is 2.37. The maximum atomic E-state index is 12.4. The molecule has 1 aromatic heterocycles. The number of aliphatic hydroxyl groups excluding tert-OH is 1. The Hall–Kier alpha value is -2.29. The second-order valence-electron chi connectivity index (χ2n) is 6.55. The number of aryl methyl sites for hydroxylation is 1. The Morgan fingerprint density at radius 3 is 2.96 bits per heavy atom. The first-order valence-corrected chi connectivity index (χ1v) is 9.72. The number of anilines is 1. The van der Waals surface area contributed by atoms with Crippen LogP contribution in [0.15, 0.2) is 34.7 Å². The number of carboxylic acid groups (broad SMARTS) is 1. The van der Waals surface area contributed by atoms with E-state index in [1.165, 1.54) is 17.8 Å². The van der Waals surface area contributed by atoms with Crippen LogP contribution in [0.5, 0.6) is 0 Å². The lowest BCUT2D eigenvalue weighted by molar-refractivity contribution is -0.116. The van der Waals surface area contributed by atoms with Gasteiger partial charge in [-0.15, -0.1) is 11.8 Å². The van der Waals surface area contributed by atoms with Gasteiger partial charge in [-0.2, -0.15) is 0 Å². The molecule has 8 heteroatoms. The number of nitrogens with zero attached hydrogens (tertiary/aromatic N) is 1. The molecule has 1 saturated heterocycles. The van der Waals surface area contributed by atoms with Crippen molar-refractivity contribution in [3.63, 3.8) is 0 Å². The molecule has 2 aromatic rings.